The third-order valence-corrected chi connectivity index (χ3v) is 3.75. The zero-order valence-electron chi connectivity index (χ0n) is 12.3. The molecule has 0 aliphatic carbocycles. The molecule has 0 aromatic heterocycles. The molecule has 1 amide bonds. The van der Waals surface area contributed by atoms with Crippen LogP contribution in [-0.2, 0) is 9.59 Å². The normalized spacial score (nSPS) is 19.1. The van der Waals surface area contributed by atoms with E-state index in [1.54, 1.807) is 30.3 Å². The number of carbonyl (C=O) groups is 2. The highest BCUT2D eigenvalue weighted by Crippen LogP contribution is 2.33. The quantitative estimate of drug-likeness (QED) is 0.296. The van der Waals surface area contributed by atoms with Gasteiger partial charge in [-0.25, -0.2) is 0 Å². The number of aliphatic hydroxyl groups excluding tert-OH is 1. The van der Waals surface area contributed by atoms with Gasteiger partial charge in [0.25, 0.3) is 17.4 Å². The number of Topliss-reactive ketones (excluding diaryl/α,β-unsaturated/α-hetero) is 1. The van der Waals surface area contributed by atoms with Gasteiger partial charge in [-0.2, -0.15) is 0 Å². The zero-order chi connectivity index (χ0) is 17.3. The summed E-state index contributed by atoms with van der Waals surface area (Å²) in [5.41, 5.74) is 0.703. The molecule has 2 aromatic carbocycles. The monoisotopic (exact) mass is 324 g/mol. The maximum Gasteiger partial charge on any atom is 0.293 e. The minimum absolute atomic E-state index is 0.0694. The summed E-state index contributed by atoms with van der Waals surface area (Å²) < 4.78 is 0. The van der Waals surface area contributed by atoms with E-state index in [4.69, 9.17) is 0 Å². The van der Waals surface area contributed by atoms with Crippen LogP contribution in [0.4, 0.5) is 5.69 Å². The Morgan fingerprint density at radius 1 is 1.04 bits per heavy atom. The number of rotatable bonds is 3. The summed E-state index contributed by atoms with van der Waals surface area (Å²) in [5, 5.41) is 23.7. The molecule has 0 saturated carbocycles. The molecule has 0 bridgehead atoms. The van der Waals surface area contributed by atoms with E-state index in [2.05, 4.69) is 5.32 Å². The molecule has 7 nitrogen and oxygen atoms in total. The van der Waals surface area contributed by atoms with Crippen molar-refractivity contribution in [2.75, 3.05) is 0 Å². The van der Waals surface area contributed by atoms with E-state index in [9.17, 15) is 24.8 Å². The first-order valence-electron chi connectivity index (χ1n) is 7.07. The van der Waals surface area contributed by atoms with Crippen molar-refractivity contribution in [3.63, 3.8) is 0 Å². The van der Waals surface area contributed by atoms with Gasteiger partial charge >= 0.3 is 0 Å². The average Bonchev–Trinajstić information content (AvgIpc) is 2.90. The van der Waals surface area contributed by atoms with Gasteiger partial charge in [0.15, 0.2) is 0 Å². The standard InChI is InChI=1S/C17H12N2O5/c20-15(11-4-2-1-3-5-11)13-14(18-17(22)16(13)21)10-6-8-12(9-7-10)19(23)24/h1-9,14,20H,(H,18,22)/t14-/m1/s1. The van der Waals surface area contributed by atoms with Gasteiger partial charge in [0.05, 0.1) is 16.5 Å². The Balaban J connectivity index is 2.07. The van der Waals surface area contributed by atoms with E-state index in [-0.39, 0.29) is 17.0 Å². The number of nitro groups is 1. The highest BCUT2D eigenvalue weighted by atomic mass is 16.6. The van der Waals surface area contributed by atoms with Crippen LogP contribution in [0.5, 0.6) is 0 Å². The van der Waals surface area contributed by atoms with Crippen molar-refractivity contribution in [3.8, 4) is 0 Å². The maximum absolute atomic E-state index is 12.1. The molecule has 1 fully saturated rings. The number of carbonyl (C=O) groups excluding carboxylic acids is 2. The molecule has 0 radical (unpaired) electrons. The first kappa shape index (κ1) is 15.4. The molecular weight excluding hydrogens is 312 g/mol. The molecule has 3 rings (SSSR count). The van der Waals surface area contributed by atoms with Gasteiger partial charge in [0, 0.05) is 17.7 Å². The fourth-order valence-corrected chi connectivity index (χ4v) is 2.56. The van der Waals surface area contributed by atoms with Crippen LogP contribution in [0.2, 0.25) is 0 Å². The van der Waals surface area contributed by atoms with Crippen molar-refractivity contribution < 1.29 is 19.6 Å². The fourth-order valence-electron chi connectivity index (χ4n) is 2.56. The number of nitrogens with one attached hydrogen (secondary N) is 1. The number of benzene rings is 2. The molecule has 1 saturated heterocycles. The summed E-state index contributed by atoms with van der Waals surface area (Å²) in [4.78, 5) is 34.1. The number of nitrogens with zero attached hydrogens (tertiary/aromatic N) is 1. The number of amides is 1. The summed E-state index contributed by atoms with van der Waals surface area (Å²) in [6.45, 7) is 0. The van der Waals surface area contributed by atoms with Gasteiger partial charge in [0.1, 0.15) is 5.76 Å². The number of ketones is 1. The van der Waals surface area contributed by atoms with E-state index in [1.165, 1.54) is 24.3 Å². The van der Waals surface area contributed by atoms with Crippen LogP contribution in [-0.4, -0.2) is 21.7 Å². The molecular formula is C17H12N2O5. The lowest BCUT2D eigenvalue weighted by molar-refractivity contribution is -0.384. The topological polar surface area (TPSA) is 110 Å². The minimum Gasteiger partial charge on any atom is -0.507 e. The zero-order valence-corrected chi connectivity index (χ0v) is 12.3. The number of nitro benzene ring substituents is 1. The Kier molecular flexibility index (Phi) is 3.83. The van der Waals surface area contributed by atoms with Crippen LogP contribution < -0.4 is 5.32 Å². The lowest BCUT2D eigenvalue weighted by atomic mass is 9.96. The first-order valence-corrected chi connectivity index (χ1v) is 7.07. The molecule has 1 aliphatic rings. The van der Waals surface area contributed by atoms with Crippen molar-refractivity contribution in [2.45, 2.75) is 6.04 Å². The Hall–Kier alpha value is -3.48. The molecule has 1 aliphatic heterocycles. The van der Waals surface area contributed by atoms with Crippen LogP contribution in [0.15, 0.2) is 60.2 Å². The number of hydrogen-bond donors (Lipinski definition) is 2. The van der Waals surface area contributed by atoms with Gasteiger partial charge in [-0.15, -0.1) is 0 Å². The highest BCUT2D eigenvalue weighted by molar-refractivity contribution is 6.46. The van der Waals surface area contributed by atoms with E-state index in [1.807, 2.05) is 0 Å². The van der Waals surface area contributed by atoms with E-state index < -0.39 is 22.7 Å². The van der Waals surface area contributed by atoms with Gasteiger partial charge in [-0.1, -0.05) is 30.3 Å². The van der Waals surface area contributed by atoms with Crippen LogP contribution in [0.25, 0.3) is 5.76 Å². The second kappa shape index (κ2) is 5.96. The Bertz CT molecular complexity index is 856. The molecule has 7 heteroatoms. The lowest BCUT2D eigenvalue weighted by Crippen LogP contribution is -2.21. The van der Waals surface area contributed by atoms with Gasteiger partial charge in [-0.3, -0.25) is 19.7 Å². The summed E-state index contributed by atoms with van der Waals surface area (Å²) in [7, 11) is 0. The predicted octanol–water partition coefficient (Wildman–Crippen LogP) is 2.30. The largest absolute Gasteiger partial charge is 0.507 e. The van der Waals surface area contributed by atoms with Crippen molar-refractivity contribution in [1.29, 1.82) is 0 Å². The summed E-state index contributed by atoms with van der Waals surface area (Å²) in [6, 6.07) is 13.0. The van der Waals surface area contributed by atoms with Gasteiger partial charge < -0.3 is 10.4 Å². The summed E-state index contributed by atoms with van der Waals surface area (Å²) >= 11 is 0. The van der Waals surface area contributed by atoms with E-state index in [0.717, 1.165) is 0 Å². The number of aliphatic hydroxyl groups is 1. The van der Waals surface area contributed by atoms with Crippen LogP contribution in [0, 0.1) is 10.1 Å². The third-order valence-electron chi connectivity index (χ3n) is 3.75. The first-order chi connectivity index (χ1) is 11.5. The second-order valence-corrected chi connectivity index (χ2v) is 5.21. The van der Waals surface area contributed by atoms with Crippen molar-refractivity contribution >= 4 is 23.1 Å². The highest BCUT2D eigenvalue weighted by Gasteiger charge is 2.39. The number of non-ortho nitro benzene ring substituents is 1. The van der Waals surface area contributed by atoms with Gasteiger partial charge in [0.2, 0.25) is 0 Å². The Morgan fingerprint density at radius 3 is 2.25 bits per heavy atom. The number of hydrogen-bond acceptors (Lipinski definition) is 5. The van der Waals surface area contributed by atoms with E-state index >= 15 is 0 Å². The van der Waals surface area contributed by atoms with Crippen molar-refractivity contribution in [3.05, 3.63) is 81.4 Å². The third kappa shape index (κ3) is 2.63. The van der Waals surface area contributed by atoms with Gasteiger partial charge in [-0.05, 0) is 17.7 Å². The average molecular weight is 324 g/mol. The minimum atomic E-state index is -0.856. The van der Waals surface area contributed by atoms with Crippen molar-refractivity contribution in [1.82, 2.24) is 5.32 Å². The van der Waals surface area contributed by atoms with Crippen LogP contribution >= 0.6 is 0 Å². The Labute approximate surface area is 136 Å². The molecule has 120 valence electrons. The van der Waals surface area contributed by atoms with Crippen LogP contribution in [0.1, 0.15) is 17.2 Å². The summed E-state index contributed by atoms with van der Waals surface area (Å²) in [6.07, 6.45) is 0. The second-order valence-electron chi connectivity index (χ2n) is 5.21. The summed E-state index contributed by atoms with van der Waals surface area (Å²) in [5.74, 6) is -1.93. The molecule has 0 unspecified atom stereocenters. The van der Waals surface area contributed by atoms with Crippen molar-refractivity contribution in [2.24, 2.45) is 0 Å². The van der Waals surface area contributed by atoms with Crippen LogP contribution in [0.3, 0.4) is 0 Å². The Morgan fingerprint density at radius 2 is 1.67 bits per heavy atom. The smallest absolute Gasteiger partial charge is 0.293 e. The molecule has 24 heavy (non-hydrogen) atoms. The molecule has 1 heterocycles. The fraction of sp³-hybridized carbons (Fsp3) is 0.0588. The SMILES string of the molecule is O=C1N[C@H](c2ccc([N+](=O)[O-])cc2)C(=C(O)c2ccccc2)C1=O. The molecule has 2 N–H and O–H groups in total. The maximum atomic E-state index is 12.1. The molecule has 0 spiro atoms. The predicted molar refractivity (Wildman–Crippen MR) is 85.0 cm³/mol. The lowest BCUT2D eigenvalue weighted by Gasteiger charge is -2.13. The molecule has 1 atom stereocenters. The van der Waals surface area contributed by atoms with E-state index in [0.29, 0.717) is 11.1 Å². The molecule has 2 aromatic rings.